The summed E-state index contributed by atoms with van der Waals surface area (Å²) in [7, 11) is 0. The van der Waals surface area contributed by atoms with Gasteiger partial charge in [-0.1, -0.05) is 23.4 Å². The van der Waals surface area contributed by atoms with Crippen LogP contribution in [0.25, 0.3) is 0 Å². The van der Waals surface area contributed by atoms with E-state index in [1.165, 1.54) is 12.1 Å². The molecule has 0 aliphatic heterocycles. The van der Waals surface area contributed by atoms with Crippen LogP contribution in [0.5, 0.6) is 5.75 Å². The predicted octanol–water partition coefficient (Wildman–Crippen LogP) is 6.26. The van der Waals surface area contributed by atoms with Crippen molar-refractivity contribution in [1.29, 1.82) is 0 Å². The van der Waals surface area contributed by atoms with Gasteiger partial charge in [0.2, 0.25) is 0 Å². The van der Waals surface area contributed by atoms with Crippen LogP contribution < -0.4 is 10.1 Å². The highest BCUT2D eigenvalue weighted by Crippen LogP contribution is 2.36. The van der Waals surface area contributed by atoms with E-state index in [0.717, 1.165) is 18.3 Å². The lowest BCUT2D eigenvalue weighted by Crippen LogP contribution is -2.16. The summed E-state index contributed by atoms with van der Waals surface area (Å²) in [5.74, 6) is -1.25. The lowest BCUT2D eigenvalue weighted by atomic mass is 10.3. The molecular formula is C18H13ClF6N2O3S. The van der Waals surface area contributed by atoms with Gasteiger partial charge in [0.15, 0.2) is 0 Å². The van der Waals surface area contributed by atoms with Gasteiger partial charge in [0.25, 0.3) is 0 Å². The number of carbonyl (C=O) groups excluding carboxylic acids is 1. The van der Waals surface area contributed by atoms with Crippen molar-refractivity contribution in [3.05, 3.63) is 58.2 Å². The Morgan fingerprint density at radius 3 is 2.35 bits per heavy atom. The molecule has 0 radical (unpaired) electrons. The summed E-state index contributed by atoms with van der Waals surface area (Å²) >= 11 is 6.51. The van der Waals surface area contributed by atoms with Gasteiger partial charge in [0.1, 0.15) is 15.7 Å². The van der Waals surface area contributed by atoms with E-state index in [9.17, 15) is 31.1 Å². The smallest absolute Gasteiger partial charge is 0.462 e. The molecule has 0 amide bonds. The van der Waals surface area contributed by atoms with Crippen molar-refractivity contribution in [2.45, 2.75) is 24.5 Å². The van der Waals surface area contributed by atoms with Crippen LogP contribution in [0.15, 0.2) is 52.7 Å². The molecule has 0 saturated carbocycles. The molecule has 1 heterocycles. The second-order valence-electron chi connectivity index (χ2n) is 5.56. The van der Waals surface area contributed by atoms with Crippen LogP contribution in [0.1, 0.15) is 12.5 Å². The summed E-state index contributed by atoms with van der Waals surface area (Å²) in [6.45, 7) is 1.57. The molecule has 0 bridgehead atoms. The molecule has 2 rings (SSSR count). The average molecular weight is 487 g/mol. The van der Waals surface area contributed by atoms with Crippen molar-refractivity contribution in [3.8, 4) is 5.75 Å². The summed E-state index contributed by atoms with van der Waals surface area (Å²) in [5, 5.41) is 2.27. The van der Waals surface area contributed by atoms with E-state index in [2.05, 4.69) is 15.0 Å². The lowest BCUT2D eigenvalue weighted by Gasteiger charge is -2.11. The Bertz CT molecular complexity index is 949. The third-order valence-corrected chi connectivity index (χ3v) is 4.70. The largest absolute Gasteiger partial charge is 0.573 e. The first-order valence-corrected chi connectivity index (χ1v) is 9.48. The zero-order valence-electron chi connectivity index (χ0n) is 15.5. The fourth-order valence-electron chi connectivity index (χ4n) is 1.99. The normalized spacial score (nSPS) is 12.5. The average Bonchev–Trinajstić information content (AvgIpc) is 2.65. The molecule has 31 heavy (non-hydrogen) atoms. The van der Waals surface area contributed by atoms with Gasteiger partial charge in [0.05, 0.1) is 17.2 Å². The predicted molar refractivity (Wildman–Crippen MR) is 102 cm³/mol. The summed E-state index contributed by atoms with van der Waals surface area (Å²) in [6, 6.07) is 5.29. The molecule has 0 fully saturated rings. The first-order chi connectivity index (χ1) is 14.4. The molecule has 0 saturated heterocycles. The minimum absolute atomic E-state index is 0.0222. The Hall–Kier alpha value is -2.60. The number of rotatable bonds is 7. The Kier molecular flexibility index (Phi) is 8.07. The van der Waals surface area contributed by atoms with Crippen LogP contribution in [0.2, 0.25) is 5.02 Å². The third kappa shape index (κ3) is 7.87. The lowest BCUT2D eigenvalue weighted by molar-refractivity contribution is -0.274. The van der Waals surface area contributed by atoms with Crippen molar-refractivity contribution in [2.24, 2.45) is 0 Å². The number of esters is 1. The number of benzene rings is 1. The molecule has 0 aliphatic carbocycles. The maximum Gasteiger partial charge on any atom is 0.573 e. The standard InChI is InChI=1S/C18H13ClF6N2O3S/c1-2-29-16(28)14(31-15-13(19)7-10(8-27-15)17(20,21)22)9-26-11-3-5-12(6-4-11)30-18(23,24)25/h3-9,26H,2H2,1H3. The number of pyridine rings is 1. The monoisotopic (exact) mass is 486 g/mol. The van der Waals surface area contributed by atoms with Crippen LogP contribution in [0.4, 0.5) is 32.0 Å². The fraction of sp³-hybridized carbons (Fsp3) is 0.222. The van der Waals surface area contributed by atoms with Crippen LogP contribution in [0.3, 0.4) is 0 Å². The molecule has 0 unspecified atom stereocenters. The Labute approximate surface area is 181 Å². The molecule has 0 aliphatic rings. The van der Waals surface area contributed by atoms with Crippen LogP contribution in [0, 0.1) is 0 Å². The number of alkyl halides is 6. The van der Waals surface area contributed by atoms with E-state index < -0.39 is 29.8 Å². The highest BCUT2D eigenvalue weighted by molar-refractivity contribution is 8.04. The van der Waals surface area contributed by atoms with Crippen LogP contribution in [-0.2, 0) is 15.7 Å². The Balaban J connectivity index is 2.21. The van der Waals surface area contributed by atoms with E-state index in [1.54, 1.807) is 6.92 Å². The van der Waals surface area contributed by atoms with Gasteiger partial charge in [-0.25, -0.2) is 9.78 Å². The molecule has 168 valence electrons. The summed E-state index contributed by atoms with van der Waals surface area (Å²) in [5.41, 5.74) is -0.758. The minimum Gasteiger partial charge on any atom is -0.462 e. The molecule has 13 heteroatoms. The van der Waals surface area contributed by atoms with E-state index in [-0.39, 0.29) is 21.6 Å². The maximum absolute atomic E-state index is 12.7. The number of aromatic nitrogens is 1. The van der Waals surface area contributed by atoms with E-state index in [4.69, 9.17) is 16.3 Å². The highest BCUT2D eigenvalue weighted by Gasteiger charge is 2.32. The number of nitrogens with zero attached hydrogens (tertiary/aromatic N) is 1. The number of thioether (sulfide) groups is 1. The zero-order chi connectivity index (χ0) is 23.2. The SMILES string of the molecule is CCOC(=O)C(=CNc1ccc(OC(F)(F)F)cc1)Sc1ncc(C(F)(F)F)cc1Cl. The number of carbonyl (C=O) groups is 1. The number of hydrogen-bond acceptors (Lipinski definition) is 6. The van der Waals surface area contributed by atoms with Crippen molar-refractivity contribution in [3.63, 3.8) is 0 Å². The number of nitrogens with one attached hydrogen (secondary N) is 1. The zero-order valence-corrected chi connectivity index (χ0v) is 17.0. The van der Waals surface area contributed by atoms with Gasteiger partial charge in [-0.05, 0) is 37.3 Å². The van der Waals surface area contributed by atoms with Crippen molar-refractivity contribution in [2.75, 3.05) is 11.9 Å². The van der Waals surface area contributed by atoms with Gasteiger partial charge in [-0.2, -0.15) is 13.2 Å². The van der Waals surface area contributed by atoms with Crippen molar-refractivity contribution >= 4 is 35.0 Å². The molecular weight excluding hydrogens is 474 g/mol. The molecule has 0 spiro atoms. The Morgan fingerprint density at radius 2 is 1.84 bits per heavy atom. The molecule has 5 nitrogen and oxygen atoms in total. The van der Waals surface area contributed by atoms with Gasteiger partial charge in [0, 0.05) is 18.1 Å². The van der Waals surface area contributed by atoms with Crippen LogP contribution >= 0.6 is 23.4 Å². The Morgan fingerprint density at radius 1 is 1.19 bits per heavy atom. The van der Waals surface area contributed by atoms with Gasteiger partial charge >= 0.3 is 18.5 Å². The highest BCUT2D eigenvalue weighted by atomic mass is 35.5. The molecule has 1 aromatic carbocycles. The van der Waals surface area contributed by atoms with E-state index >= 15 is 0 Å². The molecule has 1 aromatic heterocycles. The van der Waals surface area contributed by atoms with E-state index in [1.807, 2.05) is 0 Å². The number of ether oxygens (including phenoxy) is 2. The number of hydrogen-bond donors (Lipinski definition) is 1. The topological polar surface area (TPSA) is 60.5 Å². The van der Waals surface area contributed by atoms with Gasteiger partial charge in [-0.15, -0.1) is 13.2 Å². The molecule has 1 N–H and O–H groups in total. The summed E-state index contributed by atoms with van der Waals surface area (Å²) in [4.78, 5) is 15.7. The molecule has 2 aromatic rings. The third-order valence-electron chi connectivity index (χ3n) is 3.28. The fourth-order valence-corrected chi connectivity index (χ4v) is 3.01. The number of anilines is 1. The van der Waals surface area contributed by atoms with Crippen LogP contribution in [-0.4, -0.2) is 23.9 Å². The molecule has 0 atom stereocenters. The summed E-state index contributed by atoms with van der Waals surface area (Å²) < 4.78 is 83.5. The van der Waals surface area contributed by atoms with E-state index in [0.29, 0.717) is 29.7 Å². The summed E-state index contributed by atoms with van der Waals surface area (Å²) in [6.07, 6.45) is -7.73. The van der Waals surface area contributed by atoms with Crippen molar-refractivity contribution in [1.82, 2.24) is 4.98 Å². The quantitative estimate of drug-likeness (QED) is 0.216. The maximum atomic E-state index is 12.7. The second kappa shape index (κ2) is 10.1. The second-order valence-corrected chi connectivity index (χ2v) is 6.99. The minimum atomic E-state index is -4.84. The van der Waals surface area contributed by atoms with Crippen molar-refractivity contribution < 1.29 is 40.6 Å². The van der Waals surface area contributed by atoms with Gasteiger partial charge < -0.3 is 14.8 Å². The number of halogens is 7. The first kappa shape index (κ1) is 24.7. The first-order valence-electron chi connectivity index (χ1n) is 8.29. The van der Waals surface area contributed by atoms with Gasteiger partial charge in [-0.3, -0.25) is 0 Å².